The van der Waals surface area contributed by atoms with Crippen molar-refractivity contribution in [3.63, 3.8) is 0 Å². The fraction of sp³-hybridized carbons (Fsp3) is 0.375. The molecule has 0 amide bonds. The first-order valence-corrected chi connectivity index (χ1v) is 10.2. The van der Waals surface area contributed by atoms with Gasteiger partial charge in [0.15, 0.2) is 17.5 Å². The van der Waals surface area contributed by atoms with Gasteiger partial charge in [0.25, 0.3) is 0 Å². The number of hydrogen-bond donors (Lipinski definition) is 2. The van der Waals surface area contributed by atoms with Crippen LogP contribution in [0.3, 0.4) is 0 Å². The number of guanidine groups is 1. The molecule has 7 nitrogen and oxygen atoms in total. The third kappa shape index (κ3) is 6.93. The van der Waals surface area contributed by atoms with E-state index < -0.39 is 0 Å². The second-order valence-electron chi connectivity index (χ2n) is 7.11. The van der Waals surface area contributed by atoms with E-state index in [1.54, 1.807) is 27.3 Å². The van der Waals surface area contributed by atoms with Gasteiger partial charge >= 0.3 is 0 Å². The number of likely N-dealkylation sites (N-methyl/N-ethyl adjacent to an activating group) is 1. The van der Waals surface area contributed by atoms with Crippen molar-refractivity contribution in [2.75, 3.05) is 48.5 Å². The average Bonchev–Trinajstić information content (AvgIpc) is 2.79. The van der Waals surface area contributed by atoms with Crippen LogP contribution in [0.1, 0.15) is 17.2 Å². The van der Waals surface area contributed by atoms with Crippen LogP contribution in [-0.4, -0.2) is 59.4 Å². The topological polar surface area (TPSA) is 67.3 Å². The van der Waals surface area contributed by atoms with Gasteiger partial charge in [-0.15, -0.1) is 0 Å². The Morgan fingerprint density at radius 3 is 2.45 bits per heavy atom. The summed E-state index contributed by atoms with van der Waals surface area (Å²) in [6, 6.07) is 14.0. The number of nitrogens with zero attached hydrogens (tertiary/aromatic N) is 2. The van der Waals surface area contributed by atoms with Crippen LogP contribution in [0, 0.1) is 0 Å². The Balaban J connectivity index is 2.04. The molecule has 1 atom stereocenters. The number of methoxy groups -OCH3 is 2. The van der Waals surface area contributed by atoms with Crippen molar-refractivity contribution in [2.45, 2.75) is 12.6 Å². The van der Waals surface area contributed by atoms with E-state index >= 15 is 0 Å². The largest absolute Gasteiger partial charge is 0.493 e. The number of benzene rings is 2. The van der Waals surface area contributed by atoms with Crippen LogP contribution in [0.15, 0.2) is 60.1 Å². The number of hydrogen-bond acceptors (Lipinski definition) is 5. The number of rotatable bonds is 11. The minimum atomic E-state index is 0.113. The molecule has 0 saturated heterocycles. The minimum absolute atomic E-state index is 0.113. The summed E-state index contributed by atoms with van der Waals surface area (Å²) in [6.45, 7) is 5.43. The van der Waals surface area contributed by atoms with E-state index in [9.17, 15) is 0 Å². The molecule has 0 aliphatic carbocycles. The summed E-state index contributed by atoms with van der Waals surface area (Å²) in [7, 11) is 9.14. The van der Waals surface area contributed by atoms with Crippen molar-refractivity contribution in [2.24, 2.45) is 4.99 Å². The fourth-order valence-electron chi connectivity index (χ4n) is 3.19. The van der Waals surface area contributed by atoms with Gasteiger partial charge in [0, 0.05) is 25.7 Å². The Morgan fingerprint density at radius 2 is 1.81 bits per heavy atom. The van der Waals surface area contributed by atoms with E-state index in [0.717, 1.165) is 16.9 Å². The lowest BCUT2D eigenvalue weighted by Gasteiger charge is -2.26. The van der Waals surface area contributed by atoms with Crippen LogP contribution >= 0.6 is 0 Å². The molecule has 2 N–H and O–H groups in total. The highest BCUT2D eigenvalue weighted by atomic mass is 16.5. The molecule has 2 aromatic carbocycles. The summed E-state index contributed by atoms with van der Waals surface area (Å²) >= 11 is 0. The molecule has 0 fully saturated rings. The number of ether oxygens (including phenoxy) is 3. The molecule has 0 heterocycles. The second kappa shape index (κ2) is 12.5. The molecular weight excluding hydrogens is 392 g/mol. The van der Waals surface area contributed by atoms with Gasteiger partial charge in [-0.3, -0.25) is 4.99 Å². The predicted octanol–water partition coefficient (Wildman–Crippen LogP) is 3.24. The van der Waals surface area contributed by atoms with Gasteiger partial charge < -0.3 is 29.7 Å². The molecule has 0 spiro atoms. The summed E-state index contributed by atoms with van der Waals surface area (Å²) in [6.07, 6.45) is 1.74. The predicted molar refractivity (Wildman–Crippen MR) is 126 cm³/mol. The third-order valence-electron chi connectivity index (χ3n) is 4.88. The molecule has 0 aromatic heterocycles. The molecule has 2 aromatic rings. The lowest BCUT2D eigenvalue weighted by atomic mass is 10.1. The Kier molecular flexibility index (Phi) is 9.71. The molecule has 7 heteroatoms. The van der Waals surface area contributed by atoms with Crippen LogP contribution in [0.2, 0.25) is 0 Å². The van der Waals surface area contributed by atoms with E-state index in [-0.39, 0.29) is 6.04 Å². The van der Waals surface area contributed by atoms with Gasteiger partial charge in [-0.1, -0.05) is 36.9 Å². The maximum atomic E-state index is 5.73. The van der Waals surface area contributed by atoms with Crippen LogP contribution in [0.5, 0.6) is 17.2 Å². The summed E-state index contributed by atoms with van der Waals surface area (Å²) in [5.41, 5.74) is 2.17. The summed E-state index contributed by atoms with van der Waals surface area (Å²) in [4.78, 5) is 6.51. The van der Waals surface area contributed by atoms with Crippen molar-refractivity contribution in [3.8, 4) is 17.2 Å². The average molecular weight is 427 g/mol. The Labute approximate surface area is 185 Å². The lowest BCUT2D eigenvalue weighted by Crippen LogP contribution is -2.41. The van der Waals surface area contributed by atoms with E-state index in [0.29, 0.717) is 37.2 Å². The molecule has 0 radical (unpaired) electrons. The quantitative estimate of drug-likeness (QED) is 0.327. The van der Waals surface area contributed by atoms with Gasteiger partial charge in [0.2, 0.25) is 0 Å². The first-order chi connectivity index (χ1) is 15.0. The molecule has 168 valence electrons. The Morgan fingerprint density at radius 1 is 1.06 bits per heavy atom. The summed E-state index contributed by atoms with van der Waals surface area (Å²) in [5.74, 6) is 2.98. The van der Waals surface area contributed by atoms with Crippen LogP contribution in [0.25, 0.3) is 0 Å². The smallest absolute Gasteiger partial charge is 0.191 e. The monoisotopic (exact) mass is 426 g/mol. The van der Waals surface area contributed by atoms with Crippen molar-refractivity contribution < 1.29 is 14.2 Å². The van der Waals surface area contributed by atoms with Crippen LogP contribution < -0.4 is 24.8 Å². The second-order valence-corrected chi connectivity index (χ2v) is 7.11. The maximum Gasteiger partial charge on any atom is 0.191 e. The highest BCUT2D eigenvalue weighted by Crippen LogP contribution is 2.31. The Hall–Kier alpha value is -3.19. The highest BCUT2D eigenvalue weighted by molar-refractivity contribution is 5.79. The van der Waals surface area contributed by atoms with Crippen molar-refractivity contribution in [3.05, 3.63) is 66.2 Å². The van der Waals surface area contributed by atoms with Crippen molar-refractivity contribution >= 4 is 5.96 Å². The number of nitrogens with one attached hydrogen (secondary N) is 2. The first kappa shape index (κ1) is 24.1. The summed E-state index contributed by atoms with van der Waals surface area (Å²) in [5, 5.41) is 6.78. The summed E-state index contributed by atoms with van der Waals surface area (Å²) < 4.78 is 16.6. The maximum absolute atomic E-state index is 5.73. The Bertz CT molecular complexity index is 868. The van der Waals surface area contributed by atoms with Crippen LogP contribution in [0.4, 0.5) is 0 Å². The van der Waals surface area contributed by atoms with Gasteiger partial charge in [-0.05, 0) is 37.9 Å². The highest BCUT2D eigenvalue weighted by Gasteiger charge is 2.17. The van der Waals surface area contributed by atoms with Crippen molar-refractivity contribution in [1.29, 1.82) is 0 Å². The molecule has 2 rings (SSSR count). The van der Waals surface area contributed by atoms with Crippen LogP contribution in [-0.2, 0) is 6.54 Å². The van der Waals surface area contributed by atoms with E-state index in [4.69, 9.17) is 14.2 Å². The number of aliphatic imine (C=N–C) groups is 1. The molecule has 0 aliphatic rings. The number of para-hydroxylation sites is 1. The van der Waals surface area contributed by atoms with E-state index in [1.807, 2.05) is 50.5 Å². The fourth-order valence-corrected chi connectivity index (χ4v) is 3.19. The lowest BCUT2D eigenvalue weighted by molar-refractivity contribution is 0.295. The van der Waals surface area contributed by atoms with Gasteiger partial charge in [-0.25, -0.2) is 0 Å². The minimum Gasteiger partial charge on any atom is -0.493 e. The van der Waals surface area contributed by atoms with Gasteiger partial charge in [-0.2, -0.15) is 0 Å². The van der Waals surface area contributed by atoms with E-state index in [2.05, 4.69) is 33.2 Å². The molecule has 0 aliphatic heterocycles. The zero-order valence-corrected chi connectivity index (χ0v) is 19.1. The molecule has 31 heavy (non-hydrogen) atoms. The molecule has 1 unspecified atom stereocenters. The first-order valence-electron chi connectivity index (χ1n) is 10.2. The van der Waals surface area contributed by atoms with Gasteiger partial charge in [0.1, 0.15) is 12.4 Å². The SMILES string of the molecule is C=CCOc1ccccc1CNC(=NC)NCC(c1ccc(OC)c(OC)c1)N(C)C. The zero-order valence-electron chi connectivity index (χ0n) is 19.1. The normalized spacial score (nSPS) is 12.3. The van der Waals surface area contributed by atoms with E-state index in [1.165, 1.54) is 0 Å². The zero-order chi connectivity index (χ0) is 22.6. The van der Waals surface area contributed by atoms with Gasteiger partial charge in [0.05, 0.1) is 20.3 Å². The molecular formula is C24H34N4O3. The standard InChI is InChI=1S/C24H34N4O3/c1-7-14-31-21-11-9-8-10-19(21)16-26-24(25-2)27-17-20(28(3)4)18-12-13-22(29-5)23(15-18)30-6/h7-13,15,20H,1,14,16-17H2,2-6H3,(H2,25,26,27). The molecule has 0 bridgehead atoms. The van der Waals surface area contributed by atoms with Crippen molar-refractivity contribution in [1.82, 2.24) is 15.5 Å². The molecule has 0 saturated carbocycles. The third-order valence-corrected chi connectivity index (χ3v) is 4.88.